The molecule has 11 nitrogen and oxygen atoms in total. The van der Waals surface area contributed by atoms with Crippen molar-refractivity contribution in [3.05, 3.63) is 36.3 Å². The topological polar surface area (TPSA) is 118 Å². The van der Waals surface area contributed by atoms with E-state index in [-0.39, 0.29) is 5.91 Å². The van der Waals surface area contributed by atoms with Crippen molar-refractivity contribution in [3.8, 4) is 28.5 Å². The van der Waals surface area contributed by atoms with Gasteiger partial charge in [-0.25, -0.2) is 9.97 Å². The van der Waals surface area contributed by atoms with E-state index in [9.17, 15) is 4.79 Å². The van der Waals surface area contributed by atoms with Gasteiger partial charge in [0.2, 0.25) is 5.75 Å². The zero-order valence-electron chi connectivity index (χ0n) is 19.1. The van der Waals surface area contributed by atoms with Crippen LogP contribution in [0.1, 0.15) is 10.5 Å². The third-order valence-electron chi connectivity index (χ3n) is 5.50. The lowest BCUT2D eigenvalue weighted by Gasteiger charge is -2.33. The van der Waals surface area contributed by atoms with E-state index < -0.39 is 0 Å². The molecule has 33 heavy (non-hydrogen) atoms. The van der Waals surface area contributed by atoms with Gasteiger partial charge in [0.25, 0.3) is 5.91 Å². The third kappa shape index (κ3) is 4.82. The summed E-state index contributed by atoms with van der Waals surface area (Å²) < 4.78 is 16.2. The van der Waals surface area contributed by atoms with E-state index in [4.69, 9.17) is 14.2 Å². The SMILES string of the molecule is COc1cc(-c2cc(C(=O)Nc3cc(N4CCN(C)CC4)ncn3)[nH]n2)cc(OC)c1OC. The van der Waals surface area contributed by atoms with Gasteiger partial charge >= 0.3 is 0 Å². The molecule has 0 bridgehead atoms. The average Bonchev–Trinajstić information content (AvgIpc) is 3.34. The maximum absolute atomic E-state index is 12.8. The Morgan fingerprint density at radius 2 is 1.67 bits per heavy atom. The number of carbonyl (C=O) groups is 1. The molecule has 174 valence electrons. The van der Waals surface area contributed by atoms with E-state index in [1.807, 2.05) is 0 Å². The van der Waals surface area contributed by atoms with E-state index in [0.29, 0.717) is 40.0 Å². The second-order valence-corrected chi connectivity index (χ2v) is 7.59. The normalized spacial score (nSPS) is 14.1. The van der Waals surface area contributed by atoms with Crippen LogP contribution in [0, 0.1) is 0 Å². The Morgan fingerprint density at radius 3 is 2.30 bits per heavy atom. The Balaban J connectivity index is 1.51. The Hall–Kier alpha value is -3.86. The minimum atomic E-state index is -0.357. The summed E-state index contributed by atoms with van der Waals surface area (Å²) in [6.45, 7) is 3.67. The van der Waals surface area contributed by atoms with Crippen LogP contribution in [0.2, 0.25) is 0 Å². The van der Waals surface area contributed by atoms with Crippen LogP contribution in [-0.4, -0.2) is 85.5 Å². The lowest BCUT2D eigenvalue weighted by atomic mass is 10.1. The molecule has 2 N–H and O–H groups in total. The van der Waals surface area contributed by atoms with Crippen molar-refractivity contribution < 1.29 is 19.0 Å². The summed E-state index contributed by atoms with van der Waals surface area (Å²) in [5.41, 5.74) is 1.55. The van der Waals surface area contributed by atoms with Crippen LogP contribution >= 0.6 is 0 Å². The van der Waals surface area contributed by atoms with Crippen molar-refractivity contribution in [3.63, 3.8) is 0 Å². The first-order valence-electron chi connectivity index (χ1n) is 10.4. The van der Waals surface area contributed by atoms with E-state index in [0.717, 1.165) is 32.0 Å². The number of H-pyrrole nitrogens is 1. The van der Waals surface area contributed by atoms with E-state index >= 15 is 0 Å². The van der Waals surface area contributed by atoms with E-state index in [1.54, 1.807) is 45.6 Å². The molecule has 0 spiro atoms. The summed E-state index contributed by atoms with van der Waals surface area (Å²) >= 11 is 0. The fourth-order valence-electron chi connectivity index (χ4n) is 3.62. The van der Waals surface area contributed by atoms with Gasteiger partial charge in [0.1, 0.15) is 23.7 Å². The lowest BCUT2D eigenvalue weighted by Crippen LogP contribution is -2.44. The minimum absolute atomic E-state index is 0.290. The highest BCUT2D eigenvalue weighted by atomic mass is 16.5. The fraction of sp³-hybridized carbons (Fsp3) is 0.364. The highest BCUT2D eigenvalue weighted by Gasteiger charge is 2.19. The summed E-state index contributed by atoms with van der Waals surface area (Å²) in [4.78, 5) is 25.8. The standard InChI is InChI=1S/C22H27N7O4/c1-28-5-7-29(8-6-28)20-12-19(23-13-24-20)25-22(30)16-11-15(26-27-16)14-9-17(31-2)21(33-4)18(10-14)32-3/h9-13H,5-8H2,1-4H3,(H,26,27)(H,23,24,25,30). The fourth-order valence-corrected chi connectivity index (χ4v) is 3.62. The number of piperazine rings is 1. The molecular formula is C22H27N7O4. The number of aromatic amines is 1. The second kappa shape index (κ2) is 9.74. The number of nitrogens with zero attached hydrogens (tertiary/aromatic N) is 5. The van der Waals surface area contributed by atoms with Crippen molar-refractivity contribution in [2.75, 3.05) is 64.8 Å². The molecule has 0 radical (unpaired) electrons. The number of carbonyl (C=O) groups excluding carboxylic acids is 1. The molecule has 2 aromatic heterocycles. The molecule has 11 heteroatoms. The number of ether oxygens (including phenoxy) is 3. The zero-order valence-corrected chi connectivity index (χ0v) is 19.1. The number of likely N-dealkylation sites (N-methyl/N-ethyl adjacent to an activating group) is 1. The molecule has 0 saturated carbocycles. The van der Waals surface area contributed by atoms with Crippen molar-refractivity contribution in [1.82, 2.24) is 25.1 Å². The van der Waals surface area contributed by atoms with Crippen LogP contribution in [0.3, 0.4) is 0 Å². The van der Waals surface area contributed by atoms with Crippen molar-refractivity contribution in [2.45, 2.75) is 0 Å². The quantitative estimate of drug-likeness (QED) is 0.553. The summed E-state index contributed by atoms with van der Waals surface area (Å²) in [5.74, 6) is 2.34. The highest BCUT2D eigenvalue weighted by molar-refractivity contribution is 6.03. The van der Waals surface area contributed by atoms with E-state index in [1.165, 1.54) is 6.33 Å². The summed E-state index contributed by atoms with van der Waals surface area (Å²) in [6, 6.07) is 6.97. The predicted molar refractivity (Wildman–Crippen MR) is 123 cm³/mol. The predicted octanol–water partition coefficient (Wildman–Crippen LogP) is 1.90. The minimum Gasteiger partial charge on any atom is -0.493 e. The number of methoxy groups -OCH3 is 3. The monoisotopic (exact) mass is 453 g/mol. The highest BCUT2D eigenvalue weighted by Crippen LogP contribution is 2.40. The number of rotatable bonds is 7. The number of aromatic nitrogens is 4. The van der Waals surface area contributed by atoms with Crippen LogP contribution in [-0.2, 0) is 0 Å². The van der Waals surface area contributed by atoms with Gasteiger partial charge in [0.05, 0.1) is 27.0 Å². The third-order valence-corrected chi connectivity index (χ3v) is 5.50. The molecule has 3 aromatic rings. The molecule has 1 aliphatic heterocycles. The van der Waals surface area contributed by atoms with Gasteiger partial charge in [-0.05, 0) is 25.2 Å². The second-order valence-electron chi connectivity index (χ2n) is 7.59. The van der Waals surface area contributed by atoms with Crippen molar-refractivity contribution in [2.24, 2.45) is 0 Å². The number of nitrogens with one attached hydrogen (secondary N) is 2. The van der Waals surface area contributed by atoms with Gasteiger partial charge in [-0.3, -0.25) is 9.89 Å². The van der Waals surface area contributed by atoms with Gasteiger partial charge in [-0.1, -0.05) is 0 Å². The Morgan fingerprint density at radius 1 is 0.970 bits per heavy atom. The number of anilines is 2. The Kier molecular flexibility index (Phi) is 6.59. The van der Waals surface area contributed by atoms with Crippen molar-refractivity contribution >= 4 is 17.5 Å². The molecule has 1 aliphatic rings. The molecule has 0 unspecified atom stereocenters. The van der Waals surface area contributed by atoms with Crippen LogP contribution in [0.15, 0.2) is 30.6 Å². The first-order chi connectivity index (χ1) is 16.0. The maximum Gasteiger partial charge on any atom is 0.274 e. The van der Waals surface area contributed by atoms with Crippen molar-refractivity contribution in [1.29, 1.82) is 0 Å². The molecule has 1 fully saturated rings. The van der Waals surface area contributed by atoms with Gasteiger partial charge in [0.15, 0.2) is 11.5 Å². The molecule has 1 saturated heterocycles. The van der Waals surface area contributed by atoms with E-state index in [2.05, 4.69) is 42.3 Å². The number of hydrogen-bond donors (Lipinski definition) is 2. The molecule has 4 rings (SSSR count). The number of benzene rings is 1. The molecule has 0 atom stereocenters. The molecule has 1 amide bonds. The molecule has 0 aliphatic carbocycles. The largest absolute Gasteiger partial charge is 0.493 e. The zero-order chi connectivity index (χ0) is 23.4. The number of amides is 1. The average molecular weight is 454 g/mol. The molecule has 1 aromatic carbocycles. The smallest absolute Gasteiger partial charge is 0.274 e. The summed E-state index contributed by atoms with van der Waals surface area (Å²) in [5, 5.41) is 9.85. The van der Waals surface area contributed by atoms with Crippen LogP contribution in [0.5, 0.6) is 17.2 Å². The first kappa shape index (κ1) is 22.3. The number of hydrogen-bond acceptors (Lipinski definition) is 9. The lowest BCUT2D eigenvalue weighted by molar-refractivity contribution is 0.102. The maximum atomic E-state index is 12.8. The summed E-state index contributed by atoms with van der Waals surface area (Å²) in [6.07, 6.45) is 1.46. The van der Waals surface area contributed by atoms with Gasteiger partial charge in [-0.15, -0.1) is 0 Å². The van der Waals surface area contributed by atoms with Gasteiger partial charge in [-0.2, -0.15) is 5.10 Å². The van der Waals surface area contributed by atoms with Gasteiger partial charge < -0.3 is 29.3 Å². The van der Waals surface area contributed by atoms with Gasteiger partial charge in [0, 0.05) is 37.8 Å². The van der Waals surface area contributed by atoms with Crippen LogP contribution < -0.4 is 24.4 Å². The first-order valence-corrected chi connectivity index (χ1v) is 10.4. The Labute approximate surface area is 191 Å². The summed E-state index contributed by atoms with van der Waals surface area (Å²) in [7, 11) is 6.73. The molecular weight excluding hydrogens is 426 g/mol. The van der Waals surface area contributed by atoms with Crippen LogP contribution in [0.25, 0.3) is 11.3 Å². The van der Waals surface area contributed by atoms with Crippen LogP contribution in [0.4, 0.5) is 11.6 Å². The Bertz CT molecular complexity index is 1100. The molecule has 3 heterocycles.